The monoisotopic (exact) mass is 417 g/mol. The number of rotatable bonds is 6. The van der Waals surface area contributed by atoms with E-state index in [1.165, 1.54) is 10.1 Å². The molecule has 3 N–H and O–H groups in total. The molecule has 4 aromatic rings. The molecule has 158 valence electrons. The standard InChI is InChI=1S/C23H23N5O3/c1-15-7-9-17(10-8-15)21-26-18(14-31-21)11-12-24-22(29)27-19-5-3-4-6-20(19)28-16(2)13-25-23(28)30/h3-10,13-14H,11-12H2,1-2H3,(H,25,30)(H2,24,27,29). The number of nitrogens with one attached hydrogen (secondary N) is 3. The summed E-state index contributed by atoms with van der Waals surface area (Å²) in [6.07, 6.45) is 3.76. The summed E-state index contributed by atoms with van der Waals surface area (Å²) in [5.41, 5.74) is 4.45. The minimum Gasteiger partial charge on any atom is -0.444 e. The van der Waals surface area contributed by atoms with Crippen molar-refractivity contribution in [3.05, 3.63) is 88.4 Å². The molecular formula is C23H23N5O3. The van der Waals surface area contributed by atoms with Crippen molar-refractivity contribution in [1.29, 1.82) is 0 Å². The summed E-state index contributed by atoms with van der Waals surface area (Å²) >= 11 is 0. The number of amides is 2. The topological polar surface area (TPSA) is 105 Å². The molecule has 0 spiro atoms. The molecule has 0 fully saturated rings. The second-order valence-electron chi connectivity index (χ2n) is 7.23. The van der Waals surface area contributed by atoms with E-state index in [0.717, 1.165) is 17.0 Å². The van der Waals surface area contributed by atoms with Crippen LogP contribution in [-0.2, 0) is 6.42 Å². The number of oxazole rings is 1. The van der Waals surface area contributed by atoms with Gasteiger partial charge in [0.15, 0.2) is 0 Å². The van der Waals surface area contributed by atoms with Gasteiger partial charge in [-0.1, -0.05) is 29.8 Å². The van der Waals surface area contributed by atoms with Gasteiger partial charge in [0.2, 0.25) is 5.89 Å². The molecule has 0 bridgehead atoms. The minimum atomic E-state index is -0.365. The molecule has 2 amide bonds. The van der Waals surface area contributed by atoms with Gasteiger partial charge >= 0.3 is 11.7 Å². The highest BCUT2D eigenvalue weighted by atomic mass is 16.3. The number of para-hydroxylation sites is 2. The van der Waals surface area contributed by atoms with Crippen LogP contribution < -0.4 is 16.3 Å². The van der Waals surface area contributed by atoms with E-state index in [1.807, 2.05) is 44.2 Å². The zero-order valence-electron chi connectivity index (χ0n) is 17.3. The summed E-state index contributed by atoms with van der Waals surface area (Å²) in [5, 5.41) is 5.62. The minimum absolute atomic E-state index is 0.262. The SMILES string of the molecule is Cc1ccc(-c2nc(CCNC(=O)Nc3ccccc3-n3c(C)c[nH]c3=O)co2)cc1. The summed E-state index contributed by atoms with van der Waals surface area (Å²) in [4.78, 5) is 31.6. The molecule has 2 aromatic carbocycles. The van der Waals surface area contributed by atoms with E-state index in [4.69, 9.17) is 4.42 Å². The molecule has 0 aliphatic rings. The van der Waals surface area contributed by atoms with E-state index >= 15 is 0 Å². The van der Waals surface area contributed by atoms with Crippen LogP contribution in [-0.4, -0.2) is 27.1 Å². The van der Waals surface area contributed by atoms with Crippen LogP contribution in [0.1, 0.15) is 17.0 Å². The van der Waals surface area contributed by atoms with Gasteiger partial charge in [0.25, 0.3) is 0 Å². The lowest BCUT2D eigenvalue weighted by molar-refractivity contribution is 0.252. The lowest BCUT2D eigenvalue weighted by Gasteiger charge is -2.13. The van der Waals surface area contributed by atoms with E-state index in [0.29, 0.717) is 30.2 Å². The fourth-order valence-electron chi connectivity index (χ4n) is 3.25. The van der Waals surface area contributed by atoms with Crippen LogP contribution in [0.4, 0.5) is 10.5 Å². The third-order valence-corrected chi connectivity index (χ3v) is 4.87. The Morgan fingerprint density at radius 3 is 2.65 bits per heavy atom. The number of anilines is 1. The van der Waals surface area contributed by atoms with Crippen LogP contribution >= 0.6 is 0 Å². The molecule has 0 saturated heterocycles. The molecule has 2 heterocycles. The number of aromatic amines is 1. The third kappa shape index (κ3) is 4.58. The zero-order chi connectivity index (χ0) is 21.8. The molecule has 8 heteroatoms. The van der Waals surface area contributed by atoms with E-state index in [9.17, 15) is 9.59 Å². The van der Waals surface area contributed by atoms with Gasteiger partial charge in [-0.15, -0.1) is 0 Å². The fourth-order valence-corrected chi connectivity index (χ4v) is 3.25. The van der Waals surface area contributed by atoms with Crippen molar-refractivity contribution < 1.29 is 9.21 Å². The van der Waals surface area contributed by atoms with Crippen molar-refractivity contribution in [3.63, 3.8) is 0 Å². The van der Waals surface area contributed by atoms with Crippen molar-refractivity contribution in [3.8, 4) is 17.1 Å². The van der Waals surface area contributed by atoms with Gasteiger partial charge in [-0.3, -0.25) is 4.57 Å². The van der Waals surface area contributed by atoms with Crippen molar-refractivity contribution in [2.75, 3.05) is 11.9 Å². The number of urea groups is 1. The second kappa shape index (κ2) is 8.74. The fraction of sp³-hybridized carbons (Fsp3) is 0.174. The molecule has 0 radical (unpaired) electrons. The molecule has 0 aliphatic carbocycles. The first-order valence-corrected chi connectivity index (χ1v) is 9.94. The van der Waals surface area contributed by atoms with Gasteiger partial charge in [0.1, 0.15) is 6.26 Å². The number of aromatic nitrogens is 3. The van der Waals surface area contributed by atoms with Crippen LogP contribution in [0.3, 0.4) is 0 Å². The Balaban J connectivity index is 1.36. The van der Waals surface area contributed by atoms with E-state index < -0.39 is 0 Å². The Morgan fingerprint density at radius 1 is 1.13 bits per heavy atom. The highest BCUT2D eigenvalue weighted by Gasteiger charge is 2.12. The third-order valence-electron chi connectivity index (χ3n) is 4.87. The summed E-state index contributed by atoms with van der Waals surface area (Å²) in [7, 11) is 0. The highest BCUT2D eigenvalue weighted by molar-refractivity contribution is 5.91. The number of hydrogen-bond donors (Lipinski definition) is 3. The molecular weight excluding hydrogens is 394 g/mol. The molecule has 31 heavy (non-hydrogen) atoms. The van der Waals surface area contributed by atoms with Crippen molar-refractivity contribution in [1.82, 2.24) is 19.9 Å². The Hall–Kier alpha value is -4.07. The Labute approximate surface area is 179 Å². The maximum absolute atomic E-state index is 12.4. The van der Waals surface area contributed by atoms with Crippen LogP contribution in [0.2, 0.25) is 0 Å². The van der Waals surface area contributed by atoms with Crippen molar-refractivity contribution >= 4 is 11.7 Å². The number of imidazole rings is 1. The average molecular weight is 417 g/mol. The number of aryl methyl sites for hydroxylation is 2. The Bertz CT molecular complexity index is 1250. The molecule has 0 unspecified atom stereocenters. The predicted octanol–water partition coefficient (Wildman–Crippen LogP) is 3.80. The number of carbonyl (C=O) groups excluding carboxylic acids is 1. The molecule has 4 rings (SSSR count). The summed E-state index contributed by atoms with van der Waals surface area (Å²) < 4.78 is 7.06. The van der Waals surface area contributed by atoms with Crippen LogP contribution in [0, 0.1) is 13.8 Å². The number of nitrogens with zero attached hydrogens (tertiary/aromatic N) is 2. The summed E-state index contributed by atoms with van der Waals surface area (Å²) in [6, 6.07) is 14.7. The van der Waals surface area contributed by atoms with Crippen LogP contribution in [0.5, 0.6) is 0 Å². The van der Waals surface area contributed by atoms with E-state index in [-0.39, 0.29) is 11.7 Å². The first-order chi connectivity index (χ1) is 15.0. The normalized spacial score (nSPS) is 10.8. The predicted molar refractivity (Wildman–Crippen MR) is 119 cm³/mol. The number of benzene rings is 2. The van der Waals surface area contributed by atoms with Crippen LogP contribution in [0.25, 0.3) is 17.1 Å². The highest BCUT2D eigenvalue weighted by Crippen LogP contribution is 2.20. The smallest absolute Gasteiger partial charge is 0.330 e. The van der Waals surface area contributed by atoms with E-state index in [2.05, 4.69) is 20.6 Å². The quantitative estimate of drug-likeness (QED) is 0.444. The zero-order valence-corrected chi connectivity index (χ0v) is 17.3. The van der Waals surface area contributed by atoms with Crippen LogP contribution in [0.15, 0.2) is 70.2 Å². The van der Waals surface area contributed by atoms with Crippen molar-refractivity contribution in [2.24, 2.45) is 0 Å². The van der Waals surface area contributed by atoms with Gasteiger partial charge < -0.3 is 20.0 Å². The maximum Gasteiger partial charge on any atom is 0.330 e. The first kappa shape index (κ1) is 20.2. The molecule has 0 aliphatic heterocycles. The molecule has 2 aromatic heterocycles. The second-order valence-corrected chi connectivity index (χ2v) is 7.23. The number of carbonyl (C=O) groups is 1. The lowest BCUT2D eigenvalue weighted by Crippen LogP contribution is -2.31. The number of H-pyrrole nitrogens is 1. The molecule has 0 atom stereocenters. The Morgan fingerprint density at radius 2 is 1.90 bits per heavy atom. The first-order valence-electron chi connectivity index (χ1n) is 9.94. The summed E-state index contributed by atoms with van der Waals surface area (Å²) in [5.74, 6) is 0.556. The molecule has 8 nitrogen and oxygen atoms in total. The maximum atomic E-state index is 12.4. The van der Waals surface area contributed by atoms with Gasteiger partial charge in [-0.05, 0) is 38.1 Å². The van der Waals surface area contributed by atoms with Gasteiger partial charge in [-0.25, -0.2) is 14.6 Å². The number of hydrogen-bond acceptors (Lipinski definition) is 4. The van der Waals surface area contributed by atoms with Crippen molar-refractivity contribution in [2.45, 2.75) is 20.3 Å². The average Bonchev–Trinajstić information content (AvgIpc) is 3.36. The largest absolute Gasteiger partial charge is 0.444 e. The van der Waals surface area contributed by atoms with Gasteiger partial charge in [0, 0.05) is 30.4 Å². The van der Waals surface area contributed by atoms with E-state index in [1.54, 1.807) is 30.7 Å². The lowest BCUT2D eigenvalue weighted by atomic mass is 10.1. The Kier molecular flexibility index (Phi) is 5.70. The molecule has 0 saturated carbocycles. The summed E-state index contributed by atoms with van der Waals surface area (Å²) in [6.45, 7) is 4.23. The van der Waals surface area contributed by atoms with Gasteiger partial charge in [-0.2, -0.15) is 0 Å². The van der Waals surface area contributed by atoms with Gasteiger partial charge in [0.05, 0.1) is 17.1 Å².